The van der Waals surface area contributed by atoms with E-state index in [-0.39, 0.29) is 18.3 Å². The number of hydrogen-bond acceptors (Lipinski definition) is 5. The van der Waals surface area contributed by atoms with Crippen LogP contribution in [0.3, 0.4) is 0 Å². The van der Waals surface area contributed by atoms with E-state index >= 15 is 0 Å². The highest BCUT2D eigenvalue weighted by Crippen LogP contribution is 2.14. The SMILES string of the molecule is CC(=O)c1ccc(OCC(=O)NCc2cccnc2N(C)C)cc1. The smallest absolute Gasteiger partial charge is 0.258 e. The Morgan fingerprint density at radius 2 is 1.88 bits per heavy atom. The van der Waals surface area contributed by atoms with Gasteiger partial charge in [-0.15, -0.1) is 0 Å². The molecule has 1 aromatic carbocycles. The average Bonchev–Trinajstić information content (AvgIpc) is 2.58. The maximum Gasteiger partial charge on any atom is 0.258 e. The van der Waals surface area contributed by atoms with Crippen molar-refractivity contribution in [1.29, 1.82) is 0 Å². The molecule has 0 spiro atoms. The highest BCUT2D eigenvalue weighted by molar-refractivity contribution is 5.94. The molecule has 2 rings (SSSR count). The molecule has 24 heavy (non-hydrogen) atoms. The van der Waals surface area contributed by atoms with Gasteiger partial charge in [-0.25, -0.2) is 4.98 Å². The van der Waals surface area contributed by atoms with Crippen molar-refractivity contribution >= 4 is 17.5 Å². The Balaban J connectivity index is 1.85. The number of ether oxygens (including phenoxy) is 1. The third-order valence-electron chi connectivity index (χ3n) is 3.40. The topological polar surface area (TPSA) is 71.5 Å². The Labute approximate surface area is 141 Å². The summed E-state index contributed by atoms with van der Waals surface area (Å²) >= 11 is 0. The number of carbonyl (C=O) groups excluding carboxylic acids is 2. The summed E-state index contributed by atoms with van der Waals surface area (Å²) in [5.41, 5.74) is 1.54. The molecule has 0 bridgehead atoms. The molecule has 0 saturated heterocycles. The summed E-state index contributed by atoms with van der Waals surface area (Å²) < 4.78 is 5.42. The van der Waals surface area contributed by atoms with Gasteiger partial charge in [-0.3, -0.25) is 9.59 Å². The lowest BCUT2D eigenvalue weighted by Gasteiger charge is -2.16. The second-order valence-corrected chi connectivity index (χ2v) is 5.53. The van der Waals surface area contributed by atoms with E-state index in [0.717, 1.165) is 11.4 Å². The fourth-order valence-corrected chi connectivity index (χ4v) is 2.15. The monoisotopic (exact) mass is 327 g/mol. The number of ketones is 1. The van der Waals surface area contributed by atoms with Crippen molar-refractivity contribution in [2.45, 2.75) is 13.5 Å². The number of benzene rings is 1. The third-order valence-corrected chi connectivity index (χ3v) is 3.40. The van der Waals surface area contributed by atoms with Gasteiger partial charge in [-0.05, 0) is 37.3 Å². The molecule has 2 aromatic rings. The fourth-order valence-electron chi connectivity index (χ4n) is 2.15. The molecule has 1 amide bonds. The van der Waals surface area contributed by atoms with Crippen molar-refractivity contribution in [3.05, 3.63) is 53.7 Å². The number of nitrogens with one attached hydrogen (secondary N) is 1. The zero-order valence-electron chi connectivity index (χ0n) is 14.1. The Hall–Kier alpha value is -2.89. The fraction of sp³-hybridized carbons (Fsp3) is 0.278. The quantitative estimate of drug-likeness (QED) is 0.788. The van der Waals surface area contributed by atoms with E-state index in [2.05, 4.69) is 10.3 Å². The summed E-state index contributed by atoms with van der Waals surface area (Å²) in [6, 6.07) is 10.5. The maximum atomic E-state index is 11.9. The van der Waals surface area contributed by atoms with Crippen LogP contribution < -0.4 is 15.0 Å². The molecule has 0 saturated carbocycles. The van der Waals surface area contributed by atoms with Gasteiger partial charge >= 0.3 is 0 Å². The van der Waals surface area contributed by atoms with Crippen LogP contribution in [-0.2, 0) is 11.3 Å². The molecule has 0 aliphatic heterocycles. The first-order valence-electron chi connectivity index (χ1n) is 7.59. The maximum absolute atomic E-state index is 11.9. The van der Waals surface area contributed by atoms with Gasteiger partial charge in [0, 0.05) is 38.0 Å². The molecule has 0 fully saturated rings. The van der Waals surface area contributed by atoms with Gasteiger partial charge in [-0.1, -0.05) is 6.07 Å². The van der Waals surface area contributed by atoms with Crippen molar-refractivity contribution in [1.82, 2.24) is 10.3 Å². The van der Waals surface area contributed by atoms with E-state index in [1.54, 1.807) is 30.5 Å². The Morgan fingerprint density at radius 1 is 1.17 bits per heavy atom. The van der Waals surface area contributed by atoms with Crippen LogP contribution in [0, 0.1) is 0 Å². The van der Waals surface area contributed by atoms with Crippen LogP contribution in [-0.4, -0.2) is 37.4 Å². The van der Waals surface area contributed by atoms with E-state index in [9.17, 15) is 9.59 Å². The lowest BCUT2D eigenvalue weighted by molar-refractivity contribution is -0.123. The number of rotatable bonds is 7. The molecule has 1 N–H and O–H groups in total. The molecule has 6 heteroatoms. The first-order valence-corrected chi connectivity index (χ1v) is 7.59. The Kier molecular flexibility index (Phi) is 5.89. The third kappa shape index (κ3) is 4.81. The number of carbonyl (C=O) groups is 2. The van der Waals surface area contributed by atoms with Gasteiger partial charge in [0.25, 0.3) is 5.91 Å². The number of hydrogen-bond donors (Lipinski definition) is 1. The van der Waals surface area contributed by atoms with Gasteiger partial charge in [-0.2, -0.15) is 0 Å². The lowest BCUT2D eigenvalue weighted by Crippen LogP contribution is -2.29. The zero-order valence-corrected chi connectivity index (χ0v) is 14.1. The summed E-state index contributed by atoms with van der Waals surface area (Å²) in [5, 5.41) is 2.81. The molecule has 1 heterocycles. The van der Waals surface area contributed by atoms with E-state index in [1.165, 1.54) is 6.92 Å². The molecule has 0 aliphatic rings. The van der Waals surface area contributed by atoms with Gasteiger partial charge < -0.3 is 15.0 Å². The lowest BCUT2D eigenvalue weighted by atomic mass is 10.1. The van der Waals surface area contributed by atoms with Gasteiger partial charge in [0.15, 0.2) is 12.4 Å². The van der Waals surface area contributed by atoms with Crippen molar-refractivity contribution in [3.8, 4) is 5.75 Å². The molecule has 0 radical (unpaired) electrons. The highest BCUT2D eigenvalue weighted by Gasteiger charge is 2.08. The molecule has 0 aliphatic carbocycles. The second kappa shape index (κ2) is 8.10. The minimum Gasteiger partial charge on any atom is -0.484 e. The van der Waals surface area contributed by atoms with Crippen molar-refractivity contribution in [2.75, 3.05) is 25.6 Å². The zero-order chi connectivity index (χ0) is 17.5. The van der Waals surface area contributed by atoms with Crippen LogP contribution in [0.1, 0.15) is 22.8 Å². The predicted molar refractivity (Wildman–Crippen MR) is 92.4 cm³/mol. The summed E-state index contributed by atoms with van der Waals surface area (Å²) in [6.07, 6.45) is 1.72. The largest absolute Gasteiger partial charge is 0.484 e. The van der Waals surface area contributed by atoms with E-state index < -0.39 is 0 Å². The minimum absolute atomic E-state index is 0.00698. The molecule has 0 unspecified atom stereocenters. The normalized spacial score (nSPS) is 10.1. The molecule has 0 atom stereocenters. The van der Waals surface area contributed by atoms with Crippen molar-refractivity contribution in [3.63, 3.8) is 0 Å². The van der Waals surface area contributed by atoms with Crippen molar-refractivity contribution in [2.24, 2.45) is 0 Å². The number of amides is 1. The van der Waals surface area contributed by atoms with Crippen LogP contribution in [0.15, 0.2) is 42.6 Å². The van der Waals surface area contributed by atoms with E-state index in [4.69, 9.17) is 4.74 Å². The van der Waals surface area contributed by atoms with Gasteiger partial charge in [0.05, 0.1) is 0 Å². The number of aromatic nitrogens is 1. The molecule has 6 nitrogen and oxygen atoms in total. The molecular formula is C18H21N3O3. The standard InChI is InChI=1S/C18H21N3O3/c1-13(22)14-6-8-16(9-7-14)24-12-17(23)20-11-15-5-4-10-19-18(15)21(2)3/h4-10H,11-12H2,1-3H3,(H,20,23). The first-order chi connectivity index (χ1) is 11.5. The number of anilines is 1. The first kappa shape index (κ1) is 17.5. The van der Waals surface area contributed by atoms with E-state index in [0.29, 0.717) is 17.9 Å². The number of Topliss-reactive ketones (excluding diaryl/α,β-unsaturated/α-hetero) is 1. The molecule has 126 valence electrons. The van der Waals surface area contributed by atoms with E-state index in [1.807, 2.05) is 31.1 Å². The van der Waals surface area contributed by atoms with Crippen LogP contribution >= 0.6 is 0 Å². The van der Waals surface area contributed by atoms with Crippen molar-refractivity contribution < 1.29 is 14.3 Å². The van der Waals surface area contributed by atoms with Crippen LogP contribution in [0.25, 0.3) is 0 Å². The van der Waals surface area contributed by atoms with Crippen LogP contribution in [0.2, 0.25) is 0 Å². The Bertz CT molecular complexity index is 712. The molecule has 1 aromatic heterocycles. The van der Waals surface area contributed by atoms with Gasteiger partial charge in [0.2, 0.25) is 0 Å². The summed E-state index contributed by atoms with van der Waals surface area (Å²) in [7, 11) is 3.81. The number of nitrogens with zero attached hydrogens (tertiary/aromatic N) is 2. The van der Waals surface area contributed by atoms with Crippen LogP contribution in [0.4, 0.5) is 5.82 Å². The Morgan fingerprint density at radius 3 is 2.50 bits per heavy atom. The second-order valence-electron chi connectivity index (χ2n) is 5.53. The van der Waals surface area contributed by atoms with Crippen LogP contribution in [0.5, 0.6) is 5.75 Å². The summed E-state index contributed by atoms with van der Waals surface area (Å²) in [5.74, 6) is 1.13. The molecular weight excluding hydrogens is 306 g/mol. The average molecular weight is 327 g/mol. The summed E-state index contributed by atoms with van der Waals surface area (Å²) in [4.78, 5) is 29.3. The minimum atomic E-state index is -0.223. The summed E-state index contributed by atoms with van der Waals surface area (Å²) in [6.45, 7) is 1.80. The number of pyridine rings is 1. The highest BCUT2D eigenvalue weighted by atomic mass is 16.5. The predicted octanol–water partition coefficient (Wildman–Crippen LogP) is 2.05. The van der Waals surface area contributed by atoms with Gasteiger partial charge in [0.1, 0.15) is 11.6 Å².